The van der Waals surface area contributed by atoms with Crippen LogP contribution in [0.2, 0.25) is 0 Å². The van der Waals surface area contributed by atoms with Crippen molar-refractivity contribution in [2.45, 2.75) is 31.1 Å². The highest BCUT2D eigenvalue weighted by molar-refractivity contribution is 5.85. The third-order valence-electron chi connectivity index (χ3n) is 3.44. The van der Waals surface area contributed by atoms with Crippen molar-refractivity contribution in [3.05, 3.63) is 29.6 Å². The Morgan fingerprint density at radius 2 is 2.00 bits per heavy atom. The molecule has 1 fully saturated rings. The molecule has 1 aromatic carbocycles. The maximum Gasteiger partial charge on any atom is 0.129 e. The minimum atomic E-state index is -0.0816. The van der Waals surface area contributed by atoms with E-state index in [1.165, 1.54) is 12.8 Å². The molecule has 0 N–H and O–H groups in total. The minimum Gasteiger partial charge on any atom is -0.260 e. The standard InChI is InChI=1S/C12H12FN/c13-9-4-3-5-10-11(9)12(8-14-10)6-1-2-7-12/h3-5,8H,1-2,6-7H2. The van der Waals surface area contributed by atoms with Gasteiger partial charge in [-0.25, -0.2) is 4.39 Å². The van der Waals surface area contributed by atoms with E-state index >= 15 is 0 Å². The van der Waals surface area contributed by atoms with Crippen LogP contribution in [0.1, 0.15) is 31.2 Å². The SMILES string of the molecule is Fc1cccc2c1C1(C=N2)CCCC1. The van der Waals surface area contributed by atoms with Crippen molar-refractivity contribution in [3.8, 4) is 0 Å². The van der Waals surface area contributed by atoms with Gasteiger partial charge < -0.3 is 0 Å². The number of halogens is 1. The summed E-state index contributed by atoms with van der Waals surface area (Å²) in [7, 11) is 0. The average molecular weight is 189 g/mol. The first kappa shape index (κ1) is 8.16. The van der Waals surface area contributed by atoms with E-state index in [-0.39, 0.29) is 11.2 Å². The summed E-state index contributed by atoms with van der Waals surface area (Å²) in [5.41, 5.74) is 1.63. The van der Waals surface area contributed by atoms with Crippen molar-refractivity contribution >= 4 is 11.9 Å². The summed E-state index contributed by atoms with van der Waals surface area (Å²) in [5, 5.41) is 0. The van der Waals surface area contributed by atoms with Crippen LogP contribution in [0, 0.1) is 5.82 Å². The van der Waals surface area contributed by atoms with Crippen LogP contribution in [-0.4, -0.2) is 6.21 Å². The predicted molar refractivity (Wildman–Crippen MR) is 54.7 cm³/mol. The Balaban J connectivity index is 2.21. The molecule has 1 aliphatic carbocycles. The van der Waals surface area contributed by atoms with Gasteiger partial charge >= 0.3 is 0 Å². The molecule has 0 radical (unpaired) electrons. The molecule has 72 valence electrons. The van der Waals surface area contributed by atoms with Gasteiger partial charge in [0, 0.05) is 17.2 Å². The molecule has 1 nitrogen and oxygen atoms in total. The maximum atomic E-state index is 13.7. The number of benzene rings is 1. The molecule has 2 aliphatic rings. The topological polar surface area (TPSA) is 12.4 Å². The molecule has 0 saturated heterocycles. The zero-order valence-electron chi connectivity index (χ0n) is 7.96. The predicted octanol–water partition coefficient (Wildman–Crippen LogP) is 3.35. The summed E-state index contributed by atoms with van der Waals surface area (Å²) >= 11 is 0. The molecule has 1 saturated carbocycles. The summed E-state index contributed by atoms with van der Waals surface area (Å²) in [5.74, 6) is -0.0816. The van der Waals surface area contributed by atoms with Crippen LogP contribution in [0.25, 0.3) is 0 Å². The van der Waals surface area contributed by atoms with E-state index in [1.807, 2.05) is 12.3 Å². The summed E-state index contributed by atoms with van der Waals surface area (Å²) in [6.45, 7) is 0. The lowest BCUT2D eigenvalue weighted by Crippen LogP contribution is -2.21. The second-order valence-corrected chi connectivity index (χ2v) is 4.26. The molecule has 1 aliphatic heterocycles. The van der Waals surface area contributed by atoms with Crippen LogP contribution in [-0.2, 0) is 5.41 Å². The van der Waals surface area contributed by atoms with Gasteiger partial charge in [-0.05, 0) is 25.0 Å². The van der Waals surface area contributed by atoms with Gasteiger partial charge in [-0.3, -0.25) is 4.99 Å². The van der Waals surface area contributed by atoms with Gasteiger partial charge in [0.1, 0.15) is 5.82 Å². The van der Waals surface area contributed by atoms with Crippen molar-refractivity contribution in [2.24, 2.45) is 4.99 Å². The van der Waals surface area contributed by atoms with Gasteiger partial charge in [0.15, 0.2) is 0 Å². The van der Waals surface area contributed by atoms with Crippen LogP contribution in [0.5, 0.6) is 0 Å². The second-order valence-electron chi connectivity index (χ2n) is 4.26. The fourth-order valence-corrected chi connectivity index (χ4v) is 2.76. The van der Waals surface area contributed by atoms with E-state index in [4.69, 9.17) is 0 Å². The van der Waals surface area contributed by atoms with Gasteiger partial charge in [0.05, 0.1) is 5.69 Å². The molecule has 0 bridgehead atoms. The number of hydrogen-bond donors (Lipinski definition) is 0. The van der Waals surface area contributed by atoms with Gasteiger partial charge in [-0.1, -0.05) is 18.9 Å². The van der Waals surface area contributed by atoms with E-state index in [1.54, 1.807) is 12.1 Å². The number of hydrogen-bond acceptors (Lipinski definition) is 1. The number of aliphatic imine (C=N–C) groups is 1. The second kappa shape index (κ2) is 2.66. The van der Waals surface area contributed by atoms with Gasteiger partial charge in [0.25, 0.3) is 0 Å². The fourth-order valence-electron chi connectivity index (χ4n) is 2.76. The Morgan fingerprint density at radius 1 is 1.21 bits per heavy atom. The number of fused-ring (bicyclic) bond motifs is 2. The van der Waals surface area contributed by atoms with Gasteiger partial charge in [0.2, 0.25) is 0 Å². The zero-order valence-corrected chi connectivity index (χ0v) is 7.96. The molecule has 0 unspecified atom stereocenters. The normalized spacial score (nSPS) is 21.8. The van der Waals surface area contributed by atoms with Crippen molar-refractivity contribution in [3.63, 3.8) is 0 Å². The van der Waals surface area contributed by atoms with Crippen LogP contribution < -0.4 is 0 Å². The third-order valence-corrected chi connectivity index (χ3v) is 3.44. The summed E-state index contributed by atoms with van der Waals surface area (Å²) < 4.78 is 13.7. The Labute approximate surface area is 82.7 Å². The molecular weight excluding hydrogens is 177 g/mol. The largest absolute Gasteiger partial charge is 0.260 e. The number of nitrogens with zero attached hydrogens (tertiary/aromatic N) is 1. The average Bonchev–Trinajstić information content (AvgIpc) is 2.77. The van der Waals surface area contributed by atoms with E-state index in [2.05, 4.69) is 4.99 Å². The van der Waals surface area contributed by atoms with Crippen LogP contribution in [0.15, 0.2) is 23.2 Å². The van der Waals surface area contributed by atoms with Crippen LogP contribution in [0.3, 0.4) is 0 Å². The van der Waals surface area contributed by atoms with E-state index in [0.717, 1.165) is 24.1 Å². The fraction of sp³-hybridized carbons (Fsp3) is 0.417. The zero-order chi connectivity index (χ0) is 9.60. The highest BCUT2D eigenvalue weighted by Gasteiger charge is 2.40. The van der Waals surface area contributed by atoms with Gasteiger partial charge in [-0.15, -0.1) is 0 Å². The molecule has 0 aromatic heterocycles. The molecule has 2 heteroatoms. The van der Waals surface area contributed by atoms with Crippen molar-refractivity contribution < 1.29 is 4.39 Å². The molecule has 0 amide bonds. The first-order valence-corrected chi connectivity index (χ1v) is 5.16. The molecule has 0 atom stereocenters. The molecule has 3 rings (SSSR count). The quantitative estimate of drug-likeness (QED) is 0.593. The first-order chi connectivity index (χ1) is 6.82. The van der Waals surface area contributed by atoms with Gasteiger partial charge in [-0.2, -0.15) is 0 Å². The molecular formula is C12H12FN. The summed E-state index contributed by atoms with van der Waals surface area (Å²) in [6, 6.07) is 5.19. The van der Waals surface area contributed by atoms with Crippen molar-refractivity contribution in [1.82, 2.24) is 0 Å². The Morgan fingerprint density at radius 3 is 2.79 bits per heavy atom. The number of rotatable bonds is 0. The maximum absolute atomic E-state index is 13.7. The molecule has 14 heavy (non-hydrogen) atoms. The molecule has 1 heterocycles. The monoisotopic (exact) mass is 189 g/mol. The van der Waals surface area contributed by atoms with Crippen molar-refractivity contribution in [2.75, 3.05) is 0 Å². The lowest BCUT2D eigenvalue weighted by molar-refractivity contribution is 0.547. The molecule has 1 aromatic rings. The van der Waals surface area contributed by atoms with Crippen LogP contribution in [0.4, 0.5) is 10.1 Å². The highest BCUT2D eigenvalue weighted by atomic mass is 19.1. The lowest BCUT2D eigenvalue weighted by Gasteiger charge is -2.21. The third kappa shape index (κ3) is 0.912. The summed E-state index contributed by atoms with van der Waals surface area (Å²) in [4.78, 5) is 4.33. The summed E-state index contributed by atoms with van der Waals surface area (Å²) in [6.07, 6.45) is 6.47. The van der Waals surface area contributed by atoms with E-state index in [0.29, 0.717) is 0 Å². The van der Waals surface area contributed by atoms with E-state index in [9.17, 15) is 4.39 Å². The molecule has 1 spiro atoms. The Hall–Kier alpha value is -1.18. The minimum absolute atomic E-state index is 0.0549. The smallest absolute Gasteiger partial charge is 0.129 e. The van der Waals surface area contributed by atoms with E-state index < -0.39 is 0 Å². The first-order valence-electron chi connectivity index (χ1n) is 5.16. The Kier molecular flexibility index (Phi) is 1.55. The van der Waals surface area contributed by atoms with Crippen LogP contribution >= 0.6 is 0 Å². The lowest BCUT2D eigenvalue weighted by atomic mass is 9.81. The van der Waals surface area contributed by atoms with Crippen molar-refractivity contribution in [1.29, 1.82) is 0 Å². The Bertz CT molecular complexity index is 403. The highest BCUT2D eigenvalue weighted by Crippen LogP contribution is 2.48.